The van der Waals surface area contributed by atoms with Crippen molar-refractivity contribution >= 4 is 40.2 Å². The van der Waals surface area contributed by atoms with Crippen LogP contribution in [0.1, 0.15) is 49.3 Å². The van der Waals surface area contributed by atoms with Crippen molar-refractivity contribution in [1.29, 1.82) is 0 Å². The van der Waals surface area contributed by atoms with Gasteiger partial charge in [0.15, 0.2) is 5.13 Å². The van der Waals surface area contributed by atoms with Gasteiger partial charge in [-0.25, -0.2) is 9.78 Å². The lowest BCUT2D eigenvalue weighted by atomic mass is 10.1. The van der Waals surface area contributed by atoms with Crippen LogP contribution in [0.3, 0.4) is 0 Å². The van der Waals surface area contributed by atoms with E-state index < -0.39 is 5.97 Å². The number of fused-ring (bicyclic) bond motifs is 1. The number of thiazole rings is 1. The van der Waals surface area contributed by atoms with Gasteiger partial charge in [0.1, 0.15) is 6.61 Å². The minimum Gasteiger partial charge on any atom is -0.456 e. The van der Waals surface area contributed by atoms with E-state index in [0.29, 0.717) is 33.1 Å². The molecule has 0 unspecified atom stereocenters. The highest BCUT2D eigenvalue weighted by Crippen LogP contribution is 2.24. The van der Waals surface area contributed by atoms with Crippen LogP contribution in [-0.4, -0.2) is 33.6 Å². The van der Waals surface area contributed by atoms with E-state index in [1.807, 2.05) is 0 Å². The van der Waals surface area contributed by atoms with E-state index in [-0.39, 0.29) is 30.9 Å². The molecule has 0 radical (unpaired) electrons. The van der Waals surface area contributed by atoms with Crippen LogP contribution in [-0.2, 0) is 22.7 Å². The van der Waals surface area contributed by atoms with Crippen LogP contribution in [0.2, 0.25) is 0 Å². The molecule has 3 amide bonds. The van der Waals surface area contributed by atoms with Gasteiger partial charge in [-0.1, -0.05) is 24.3 Å². The molecule has 31 heavy (non-hydrogen) atoms. The van der Waals surface area contributed by atoms with Crippen LogP contribution in [0.15, 0.2) is 53.9 Å². The van der Waals surface area contributed by atoms with Gasteiger partial charge in [-0.3, -0.25) is 19.3 Å². The van der Waals surface area contributed by atoms with E-state index in [9.17, 15) is 19.2 Å². The average Bonchev–Trinajstić information content (AvgIpc) is 3.30. The summed E-state index contributed by atoms with van der Waals surface area (Å²) in [5.74, 6) is -1.41. The first-order valence-electron chi connectivity index (χ1n) is 9.35. The Morgan fingerprint density at radius 1 is 1.03 bits per heavy atom. The number of carbonyl (C=O) groups is 4. The third-order valence-electron chi connectivity index (χ3n) is 4.59. The van der Waals surface area contributed by atoms with Gasteiger partial charge in [0.05, 0.1) is 28.9 Å². The summed E-state index contributed by atoms with van der Waals surface area (Å²) >= 11 is 1.24. The first kappa shape index (κ1) is 20.4. The van der Waals surface area contributed by atoms with E-state index in [4.69, 9.17) is 4.74 Å². The monoisotopic (exact) mass is 435 g/mol. The Kier molecular flexibility index (Phi) is 5.59. The number of hydrogen-bond donors (Lipinski definition) is 1. The molecular formula is C22H17N3O5S. The molecule has 2 aromatic carbocycles. The molecule has 0 fully saturated rings. The van der Waals surface area contributed by atoms with E-state index in [0.717, 1.165) is 0 Å². The molecule has 9 heteroatoms. The summed E-state index contributed by atoms with van der Waals surface area (Å²) in [5.41, 5.74) is 2.38. The first-order chi connectivity index (χ1) is 14.9. The van der Waals surface area contributed by atoms with Gasteiger partial charge in [-0.05, 0) is 29.8 Å². The maximum absolute atomic E-state index is 12.5. The molecule has 8 nitrogen and oxygen atoms in total. The standard InChI is InChI=1S/C22H17N3O5S/c1-13(26)23-22-24-16(12-31-22)11-30-21(29)15-8-6-14(7-9-15)10-25-19(27)17-4-2-3-5-18(17)20(25)28/h2-9,12H,10-11H2,1H3,(H,23,24,26). The molecule has 0 atom stereocenters. The van der Waals surface area contributed by atoms with Crippen LogP contribution in [0.5, 0.6) is 0 Å². The van der Waals surface area contributed by atoms with Crippen LogP contribution in [0.4, 0.5) is 5.13 Å². The molecule has 1 aliphatic rings. The average molecular weight is 435 g/mol. The molecule has 0 saturated heterocycles. The maximum atomic E-state index is 12.5. The zero-order chi connectivity index (χ0) is 22.0. The lowest BCUT2D eigenvalue weighted by Gasteiger charge is -2.14. The molecule has 1 aromatic heterocycles. The normalized spacial score (nSPS) is 12.6. The number of imide groups is 1. The highest BCUT2D eigenvalue weighted by atomic mass is 32.1. The van der Waals surface area contributed by atoms with Crippen molar-refractivity contribution in [2.45, 2.75) is 20.1 Å². The number of aromatic nitrogens is 1. The maximum Gasteiger partial charge on any atom is 0.338 e. The van der Waals surface area contributed by atoms with E-state index >= 15 is 0 Å². The number of nitrogens with one attached hydrogen (secondary N) is 1. The van der Waals surface area contributed by atoms with Crippen molar-refractivity contribution < 1.29 is 23.9 Å². The van der Waals surface area contributed by atoms with E-state index in [1.165, 1.54) is 23.2 Å². The second-order valence-electron chi connectivity index (χ2n) is 6.84. The highest BCUT2D eigenvalue weighted by molar-refractivity contribution is 7.13. The first-order valence-corrected chi connectivity index (χ1v) is 10.2. The Bertz CT molecular complexity index is 1150. The van der Waals surface area contributed by atoms with Gasteiger partial charge < -0.3 is 10.1 Å². The molecule has 156 valence electrons. The molecule has 3 aromatic rings. The van der Waals surface area contributed by atoms with Gasteiger partial charge in [0.2, 0.25) is 5.91 Å². The van der Waals surface area contributed by atoms with Crippen LogP contribution < -0.4 is 5.32 Å². The van der Waals surface area contributed by atoms with Crippen LogP contribution in [0, 0.1) is 0 Å². The largest absolute Gasteiger partial charge is 0.456 e. The number of benzene rings is 2. The Hall–Kier alpha value is -3.85. The summed E-state index contributed by atoms with van der Waals surface area (Å²) in [7, 11) is 0. The number of ether oxygens (including phenoxy) is 1. The Morgan fingerprint density at radius 3 is 2.29 bits per heavy atom. The van der Waals surface area contributed by atoms with Gasteiger partial charge in [0, 0.05) is 12.3 Å². The summed E-state index contributed by atoms with van der Waals surface area (Å²) in [6.07, 6.45) is 0. The van der Waals surface area contributed by atoms with Crippen molar-refractivity contribution in [3.63, 3.8) is 0 Å². The van der Waals surface area contributed by atoms with Crippen LogP contribution in [0.25, 0.3) is 0 Å². The number of anilines is 1. The fraction of sp³-hybridized carbons (Fsp3) is 0.136. The summed E-state index contributed by atoms with van der Waals surface area (Å²) in [4.78, 5) is 53.6. The van der Waals surface area contributed by atoms with Crippen molar-refractivity contribution in [3.05, 3.63) is 81.9 Å². The minimum absolute atomic E-state index is 0.0221. The molecular weight excluding hydrogens is 418 g/mol. The number of carbonyl (C=O) groups excluding carboxylic acids is 4. The summed E-state index contributed by atoms with van der Waals surface area (Å²) < 4.78 is 5.26. The van der Waals surface area contributed by atoms with Crippen LogP contribution >= 0.6 is 11.3 Å². The third-order valence-corrected chi connectivity index (χ3v) is 5.40. The highest BCUT2D eigenvalue weighted by Gasteiger charge is 2.34. The smallest absolute Gasteiger partial charge is 0.338 e. The van der Waals surface area contributed by atoms with E-state index in [2.05, 4.69) is 10.3 Å². The topological polar surface area (TPSA) is 106 Å². The summed E-state index contributed by atoms with van der Waals surface area (Å²) in [6.45, 7) is 1.48. The molecule has 2 heterocycles. The number of hydrogen-bond acceptors (Lipinski definition) is 7. The van der Waals surface area contributed by atoms with Gasteiger partial charge in [-0.2, -0.15) is 0 Å². The number of esters is 1. The molecule has 0 spiro atoms. The Labute approximate surface area is 181 Å². The molecule has 1 aliphatic heterocycles. The predicted molar refractivity (Wildman–Crippen MR) is 113 cm³/mol. The second-order valence-corrected chi connectivity index (χ2v) is 7.70. The van der Waals surface area contributed by atoms with Crippen molar-refractivity contribution in [1.82, 2.24) is 9.88 Å². The quantitative estimate of drug-likeness (QED) is 0.471. The fourth-order valence-corrected chi connectivity index (χ4v) is 3.86. The zero-order valence-electron chi connectivity index (χ0n) is 16.5. The van der Waals surface area contributed by atoms with Crippen molar-refractivity contribution in [2.24, 2.45) is 0 Å². The molecule has 0 bridgehead atoms. The molecule has 0 aliphatic carbocycles. The number of amides is 3. The second kappa shape index (κ2) is 8.49. The molecule has 0 saturated carbocycles. The lowest BCUT2D eigenvalue weighted by molar-refractivity contribution is -0.114. The summed E-state index contributed by atoms with van der Waals surface area (Å²) in [6, 6.07) is 13.2. The number of rotatable bonds is 6. The molecule has 1 N–H and O–H groups in total. The Balaban J connectivity index is 1.35. The van der Waals surface area contributed by atoms with Gasteiger partial charge >= 0.3 is 5.97 Å². The van der Waals surface area contributed by atoms with Crippen molar-refractivity contribution in [3.8, 4) is 0 Å². The minimum atomic E-state index is -0.527. The zero-order valence-corrected chi connectivity index (χ0v) is 17.3. The fourth-order valence-electron chi connectivity index (χ4n) is 3.12. The SMILES string of the molecule is CC(=O)Nc1nc(COC(=O)c2ccc(CN3C(=O)c4ccccc4C3=O)cc2)cs1. The number of nitrogens with zero attached hydrogens (tertiary/aromatic N) is 2. The van der Waals surface area contributed by atoms with Gasteiger partial charge in [0.25, 0.3) is 11.8 Å². The van der Waals surface area contributed by atoms with Crippen molar-refractivity contribution in [2.75, 3.05) is 5.32 Å². The van der Waals surface area contributed by atoms with Gasteiger partial charge in [-0.15, -0.1) is 11.3 Å². The third kappa shape index (κ3) is 4.36. The Morgan fingerprint density at radius 2 is 1.68 bits per heavy atom. The predicted octanol–water partition coefficient (Wildman–Crippen LogP) is 3.25. The van der Waals surface area contributed by atoms with E-state index in [1.54, 1.807) is 53.9 Å². The molecule has 4 rings (SSSR count). The lowest BCUT2D eigenvalue weighted by Crippen LogP contribution is -2.29. The summed E-state index contributed by atoms with van der Waals surface area (Å²) in [5, 5.41) is 4.71.